The second-order valence-electron chi connectivity index (χ2n) is 12.3. The molecule has 0 spiro atoms. The van der Waals surface area contributed by atoms with Gasteiger partial charge in [-0.2, -0.15) is 0 Å². The van der Waals surface area contributed by atoms with E-state index in [4.69, 9.17) is 4.74 Å². The third-order valence-corrected chi connectivity index (χ3v) is 10.2. The van der Waals surface area contributed by atoms with Crippen molar-refractivity contribution in [2.75, 3.05) is 26.0 Å². The van der Waals surface area contributed by atoms with Crippen LogP contribution in [0.3, 0.4) is 0 Å². The third-order valence-electron chi connectivity index (χ3n) is 7.96. The molecule has 1 aromatic heterocycles. The van der Waals surface area contributed by atoms with Gasteiger partial charge in [0.15, 0.2) is 9.84 Å². The normalized spacial score (nSPS) is 13.6. The number of amides is 3. The van der Waals surface area contributed by atoms with Crippen molar-refractivity contribution in [1.29, 1.82) is 0 Å². The Labute approximate surface area is 304 Å². The minimum atomic E-state index is -3.80. The average molecular weight is 749 g/mol. The molecule has 286 valence electrons. The molecule has 0 aliphatic heterocycles. The Hall–Kier alpha value is -4.31. The number of aliphatic hydroxyl groups excluding tert-OH is 2. The molecule has 4 unspecified atom stereocenters. The second-order valence-corrected chi connectivity index (χ2v) is 14.6. The second kappa shape index (κ2) is 22.6. The first kappa shape index (κ1) is 43.9. The molecule has 3 rings (SSSR count). The summed E-state index contributed by atoms with van der Waals surface area (Å²) in [6.45, 7) is 5.10. The first-order valence-electron chi connectivity index (χ1n) is 17.1. The van der Waals surface area contributed by atoms with E-state index in [-0.39, 0.29) is 18.6 Å². The lowest BCUT2D eigenvalue weighted by Crippen LogP contribution is -2.55. The largest absolute Gasteiger partial charge is 0.388 e. The molecule has 3 amide bonds. The van der Waals surface area contributed by atoms with Crippen LogP contribution >= 0.6 is 0 Å². The maximum atomic E-state index is 13.3. The highest BCUT2D eigenvalue weighted by molar-refractivity contribution is 7.92. The van der Waals surface area contributed by atoms with Gasteiger partial charge in [0, 0.05) is 44.3 Å². The summed E-state index contributed by atoms with van der Waals surface area (Å²) in [4.78, 5) is 42.7. The van der Waals surface area contributed by atoms with Gasteiger partial charge in [-0.1, -0.05) is 44.9 Å². The maximum absolute atomic E-state index is 13.3. The molecule has 5 N–H and O–H groups in total. The number of halogens is 2. The van der Waals surface area contributed by atoms with Gasteiger partial charge in [-0.3, -0.25) is 19.4 Å². The molecule has 2 aromatic carbocycles. The average Bonchev–Trinajstić information content (AvgIpc) is 3.11. The van der Waals surface area contributed by atoms with Gasteiger partial charge >= 0.3 is 0 Å². The molecule has 52 heavy (non-hydrogen) atoms. The summed E-state index contributed by atoms with van der Waals surface area (Å²) in [5, 5.41) is 28.6. The van der Waals surface area contributed by atoms with Gasteiger partial charge in [0.2, 0.25) is 5.91 Å². The van der Waals surface area contributed by atoms with Crippen molar-refractivity contribution in [3.05, 3.63) is 101 Å². The standard InChI is InChI=1S/C30H44N4O8S.C7H6F2/c1-4-10-23(11-5-2)43(40,41)20-25(34-29(38)22-14-9-16-31-18-22)30(39)32-19-26(35)27(36)24(15-17-42-3)33-28(37)21-12-7-6-8-13-21;1-5-2-6(8)4-7(9)3-5/h6-9,12-14,16,18,23-27,35-36H,4-5,10-11,15,17,19-20H2,1-3H3,(H,32,39)(H,33,37)(H,34,38);2-4H,1H3. The number of aryl methyl sites for hydroxylation is 1. The van der Waals surface area contributed by atoms with Crippen LogP contribution in [0.25, 0.3) is 0 Å². The lowest BCUT2D eigenvalue weighted by molar-refractivity contribution is -0.123. The highest BCUT2D eigenvalue weighted by atomic mass is 32.2. The molecule has 0 aliphatic rings. The minimum absolute atomic E-state index is 0.141. The lowest BCUT2D eigenvalue weighted by atomic mass is 10.0. The van der Waals surface area contributed by atoms with Crippen molar-refractivity contribution in [2.24, 2.45) is 0 Å². The quantitative estimate of drug-likeness (QED) is 0.123. The van der Waals surface area contributed by atoms with E-state index in [0.717, 1.165) is 6.07 Å². The van der Waals surface area contributed by atoms with E-state index >= 15 is 0 Å². The third kappa shape index (κ3) is 15.1. The zero-order valence-corrected chi connectivity index (χ0v) is 30.7. The number of methoxy groups -OCH3 is 1. The Kier molecular flexibility index (Phi) is 19.0. The molecule has 0 saturated heterocycles. The summed E-state index contributed by atoms with van der Waals surface area (Å²) in [6, 6.07) is 12.4. The molecule has 15 heteroatoms. The SMILES string of the molecule is CCCC(CCC)S(=O)(=O)CC(NC(=O)c1cccnc1)C(=O)NCC(O)C(O)C(CCOC)NC(=O)c1ccccc1.Cc1cc(F)cc(F)c1. The monoisotopic (exact) mass is 748 g/mol. The van der Waals surface area contributed by atoms with E-state index < -0.39 is 81.0 Å². The summed E-state index contributed by atoms with van der Waals surface area (Å²) < 4.78 is 56.1. The molecule has 12 nitrogen and oxygen atoms in total. The summed E-state index contributed by atoms with van der Waals surface area (Å²) in [5.41, 5.74) is 1.10. The zero-order valence-electron chi connectivity index (χ0n) is 29.9. The number of hydrogen-bond acceptors (Lipinski definition) is 9. The smallest absolute Gasteiger partial charge is 0.253 e. The number of aromatic nitrogens is 1. The summed E-state index contributed by atoms with van der Waals surface area (Å²) in [5.74, 6) is -3.68. The van der Waals surface area contributed by atoms with Crippen LogP contribution in [0.2, 0.25) is 0 Å². The Balaban J connectivity index is 0.000000901. The molecule has 4 atom stereocenters. The van der Waals surface area contributed by atoms with Crippen LogP contribution in [0.4, 0.5) is 8.78 Å². The number of carbonyl (C=O) groups is 3. The fourth-order valence-electron chi connectivity index (χ4n) is 5.26. The van der Waals surface area contributed by atoms with Crippen molar-refractivity contribution in [2.45, 2.75) is 82.4 Å². The van der Waals surface area contributed by atoms with Crippen LogP contribution in [0.15, 0.2) is 73.1 Å². The van der Waals surface area contributed by atoms with E-state index in [1.54, 1.807) is 37.3 Å². The molecular weight excluding hydrogens is 698 g/mol. The number of hydrogen-bond donors (Lipinski definition) is 5. The van der Waals surface area contributed by atoms with Gasteiger partial charge < -0.3 is 30.9 Å². The highest BCUT2D eigenvalue weighted by Gasteiger charge is 2.34. The van der Waals surface area contributed by atoms with Crippen molar-refractivity contribution >= 4 is 27.6 Å². The molecule has 0 fully saturated rings. The van der Waals surface area contributed by atoms with E-state index in [1.807, 2.05) is 13.8 Å². The van der Waals surface area contributed by atoms with Crippen LogP contribution in [0, 0.1) is 18.6 Å². The topological polar surface area (TPSA) is 184 Å². The van der Waals surface area contributed by atoms with Crippen molar-refractivity contribution < 1.29 is 46.5 Å². The van der Waals surface area contributed by atoms with Crippen LogP contribution < -0.4 is 16.0 Å². The number of pyridine rings is 1. The van der Waals surface area contributed by atoms with E-state index in [9.17, 15) is 41.8 Å². The fourth-order valence-corrected chi connectivity index (χ4v) is 7.42. The van der Waals surface area contributed by atoms with Crippen molar-refractivity contribution in [3.8, 4) is 0 Å². The first-order valence-corrected chi connectivity index (χ1v) is 18.8. The number of ether oxygens (including phenoxy) is 1. The molecule has 0 saturated carbocycles. The zero-order chi connectivity index (χ0) is 38.7. The van der Waals surface area contributed by atoms with Crippen molar-refractivity contribution in [1.82, 2.24) is 20.9 Å². The predicted molar refractivity (Wildman–Crippen MR) is 193 cm³/mol. The van der Waals surface area contributed by atoms with E-state index in [0.29, 0.717) is 36.8 Å². The van der Waals surface area contributed by atoms with Gasteiger partial charge in [0.1, 0.15) is 23.8 Å². The Morgan fingerprint density at radius 1 is 0.865 bits per heavy atom. The summed E-state index contributed by atoms with van der Waals surface area (Å²) >= 11 is 0. The number of benzene rings is 2. The minimum Gasteiger partial charge on any atom is -0.388 e. The number of aliphatic hydroxyl groups is 2. The maximum Gasteiger partial charge on any atom is 0.253 e. The van der Waals surface area contributed by atoms with Crippen LogP contribution in [0.5, 0.6) is 0 Å². The Morgan fingerprint density at radius 2 is 1.46 bits per heavy atom. The van der Waals surface area contributed by atoms with Gasteiger partial charge in [0.25, 0.3) is 11.8 Å². The van der Waals surface area contributed by atoms with E-state index in [2.05, 4.69) is 20.9 Å². The molecule has 0 aliphatic carbocycles. The van der Waals surface area contributed by atoms with Crippen molar-refractivity contribution in [3.63, 3.8) is 0 Å². The van der Waals surface area contributed by atoms with Gasteiger partial charge in [-0.05, 0) is 68.1 Å². The van der Waals surface area contributed by atoms with Gasteiger partial charge in [-0.15, -0.1) is 0 Å². The predicted octanol–water partition coefficient (Wildman–Crippen LogP) is 3.51. The first-order chi connectivity index (χ1) is 24.7. The summed E-state index contributed by atoms with van der Waals surface area (Å²) in [7, 11) is -2.34. The van der Waals surface area contributed by atoms with E-state index in [1.165, 1.54) is 43.8 Å². The Bertz CT molecular complexity index is 1600. The van der Waals surface area contributed by atoms with Crippen LogP contribution in [-0.2, 0) is 19.4 Å². The Morgan fingerprint density at radius 3 is 2.00 bits per heavy atom. The number of rotatable bonds is 19. The molecule has 3 aromatic rings. The fraction of sp³-hybridized carbons (Fsp3) is 0.459. The molecule has 0 bridgehead atoms. The molecule has 1 heterocycles. The number of sulfone groups is 1. The lowest BCUT2D eigenvalue weighted by Gasteiger charge is -2.28. The van der Waals surface area contributed by atoms with Crippen LogP contribution in [0.1, 0.15) is 72.2 Å². The molecular formula is C37H50F2N4O8S. The van der Waals surface area contributed by atoms with Gasteiger partial charge in [-0.25, -0.2) is 17.2 Å². The molecule has 0 radical (unpaired) electrons. The van der Waals surface area contributed by atoms with Gasteiger partial charge in [0.05, 0.1) is 28.7 Å². The number of carbonyl (C=O) groups excluding carboxylic acids is 3. The summed E-state index contributed by atoms with van der Waals surface area (Å²) in [6.07, 6.45) is 2.00. The van der Waals surface area contributed by atoms with Crippen LogP contribution in [-0.4, -0.2) is 96.9 Å². The highest BCUT2D eigenvalue weighted by Crippen LogP contribution is 2.17. The number of nitrogens with zero attached hydrogens (tertiary/aromatic N) is 1. The number of nitrogens with one attached hydrogen (secondary N) is 3.